The van der Waals surface area contributed by atoms with Gasteiger partial charge in [0.15, 0.2) is 0 Å². The van der Waals surface area contributed by atoms with E-state index in [0.717, 1.165) is 58.4 Å². The number of carbonyl (C=O) groups excluding carboxylic acids is 2. The Bertz CT molecular complexity index is 663. The highest BCUT2D eigenvalue weighted by Gasteiger charge is 2.42. The number of piperidine rings is 2. The minimum atomic E-state index is 0.155. The molecule has 4 heterocycles. The molecule has 0 atom stereocenters. The number of urea groups is 1. The molecule has 154 valence electrons. The van der Waals surface area contributed by atoms with Gasteiger partial charge in [-0.3, -0.25) is 4.79 Å². The van der Waals surface area contributed by atoms with Gasteiger partial charge in [-0.1, -0.05) is 0 Å². The molecule has 0 radical (unpaired) electrons. The quantitative estimate of drug-likeness (QED) is 0.781. The van der Waals surface area contributed by atoms with E-state index in [1.54, 1.807) is 6.20 Å². The van der Waals surface area contributed by atoms with Crippen LogP contribution < -0.4 is 0 Å². The number of carbonyl (C=O) groups is 2. The fourth-order valence-electron chi connectivity index (χ4n) is 4.70. The van der Waals surface area contributed by atoms with E-state index in [9.17, 15) is 9.59 Å². The van der Waals surface area contributed by atoms with Crippen molar-refractivity contribution in [3.8, 4) is 0 Å². The summed E-state index contributed by atoms with van der Waals surface area (Å²) in [6, 6.07) is 0.155. The number of imidazole rings is 1. The molecule has 1 aromatic heterocycles. The molecule has 0 unspecified atom stereocenters. The second kappa shape index (κ2) is 8.51. The average Bonchev–Trinajstić information content (AvgIpc) is 3.25. The Kier molecular flexibility index (Phi) is 5.85. The summed E-state index contributed by atoms with van der Waals surface area (Å²) in [5.41, 5.74) is 0.185. The predicted molar refractivity (Wildman–Crippen MR) is 104 cm³/mol. The van der Waals surface area contributed by atoms with Gasteiger partial charge in [0.05, 0.1) is 19.5 Å². The lowest BCUT2D eigenvalue weighted by Gasteiger charge is -2.48. The molecule has 3 aliphatic rings. The van der Waals surface area contributed by atoms with E-state index in [-0.39, 0.29) is 17.4 Å². The van der Waals surface area contributed by atoms with Crippen molar-refractivity contribution in [2.45, 2.75) is 38.6 Å². The van der Waals surface area contributed by atoms with Crippen LogP contribution in [0.3, 0.4) is 0 Å². The number of rotatable bonds is 4. The van der Waals surface area contributed by atoms with Crippen molar-refractivity contribution in [1.82, 2.24) is 24.3 Å². The number of aryl methyl sites for hydroxylation is 1. The molecule has 0 bridgehead atoms. The molecule has 0 N–H and O–H groups in total. The van der Waals surface area contributed by atoms with Crippen molar-refractivity contribution in [1.29, 1.82) is 0 Å². The van der Waals surface area contributed by atoms with Gasteiger partial charge in [0, 0.05) is 64.6 Å². The molecule has 3 aliphatic heterocycles. The van der Waals surface area contributed by atoms with Crippen LogP contribution in [0.4, 0.5) is 4.79 Å². The number of hydrogen-bond donors (Lipinski definition) is 0. The molecular weight excluding hydrogens is 358 g/mol. The topological polar surface area (TPSA) is 70.9 Å². The highest BCUT2D eigenvalue weighted by molar-refractivity contribution is 5.77. The third kappa shape index (κ3) is 4.32. The van der Waals surface area contributed by atoms with Crippen LogP contribution in [0.15, 0.2) is 18.7 Å². The number of ether oxygens (including phenoxy) is 1. The van der Waals surface area contributed by atoms with Crippen LogP contribution in [-0.2, 0) is 16.1 Å². The lowest BCUT2D eigenvalue weighted by Crippen LogP contribution is -2.55. The molecule has 4 rings (SSSR count). The van der Waals surface area contributed by atoms with Crippen LogP contribution in [0.1, 0.15) is 32.1 Å². The van der Waals surface area contributed by atoms with Gasteiger partial charge in [-0.15, -0.1) is 0 Å². The molecule has 1 spiro atoms. The Labute approximate surface area is 166 Å². The Morgan fingerprint density at radius 1 is 1.07 bits per heavy atom. The zero-order valence-electron chi connectivity index (χ0n) is 16.6. The summed E-state index contributed by atoms with van der Waals surface area (Å²) < 4.78 is 7.41. The van der Waals surface area contributed by atoms with Gasteiger partial charge in [-0.25, -0.2) is 9.78 Å². The standard InChI is InChI=1S/C20H31N5O3/c26-18-2-3-20(16-25(18)8-1-7-22-11-6-21-17-22)4-9-23(10-5-20)19(27)24-12-14-28-15-13-24/h6,11,17H,1-5,7-10,12-16H2. The first-order valence-corrected chi connectivity index (χ1v) is 10.5. The normalized spacial score (nSPS) is 22.7. The second-order valence-corrected chi connectivity index (χ2v) is 8.34. The Balaban J connectivity index is 1.27. The van der Waals surface area contributed by atoms with Crippen molar-refractivity contribution in [3.05, 3.63) is 18.7 Å². The van der Waals surface area contributed by atoms with E-state index >= 15 is 0 Å². The molecule has 8 heteroatoms. The first-order chi connectivity index (χ1) is 13.7. The van der Waals surface area contributed by atoms with E-state index in [4.69, 9.17) is 4.74 Å². The van der Waals surface area contributed by atoms with Crippen LogP contribution >= 0.6 is 0 Å². The largest absolute Gasteiger partial charge is 0.378 e. The van der Waals surface area contributed by atoms with Gasteiger partial charge in [0.1, 0.15) is 0 Å². The first kappa shape index (κ1) is 19.2. The van der Waals surface area contributed by atoms with Crippen LogP contribution in [0.2, 0.25) is 0 Å². The number of morpholine rings is 1. The second-order valence-electron chi connectivity index (χ2n) is 8.34. The molecule has 3 saturated heterocycles. The van der Waals surface area contributed by atoms with Crippen LogP contribution in [-0.4, -0.2) is 88.7 Å². The van der Waals surface area contributed by atoms with Gasteiger partial charge in [0.2, 0.25) is 5.91 Å². The molecule has 0 aromatic carbocycles. The lowest BCUT2D eigenvalue weighted by atomic mass is 9.72. The van der Waals surface area contributed by atoms with Crippen LogP contribution in [0.5, 0.6) is 0 Å². The summed E-state index contributed by atoms with van der Waals surface area (Å²) in [5.74, 6) is 0.281. The molecule has 3 fully saturated rings. The van der Waals surface area contributed by atoms with Gasteiger partial charge < -0.3 is 24.0 Å². The third-order valence-corrected chi connectivity index (χ3v) is 6.53. The summed E-state index contributed by atoms with van der Waals surface area (Å²) >= 11 is 0. The third-order valence-electron chi connectivity index (χ3n) is 6.53. The number of aromatic nitrogens is 2. The van der Waals surface area contributed by atoms with Crippen molar-refractivity contribution in [2.24, 2.45) is 5.41 Å². The monoisotopic (exact) mass is 389 g/mol. The maximum Gasteiger partial charge on any atom is 0.320 e. The fourth-order valence-corrected chi connectivity index (χ4v) is 4.70. The Morgan fingerprint density at radius 3 is 2.54 bits per heavy atom. The van der Waals surface area contributed by atoms with Crippen molar-refractivity contribution in [3.63, 3.8) is 0 Å². The molecular formula is C20H31N5O3. The Morgan fingerprint density at radius 2 is 1.82 bits per heavy atom. The highest BCUT2D eigenvalue weighted by Crippen LogP contribution is 2.40. The summed E-state index contributed by atoms with van der Waals surface area (Å²) in [6.07, 6.45) is 10.1. The molecule has 3 amide bonds. The smallest absolute Gasteiger partial charge is 0.320 e. The fraction of sp³-hybridized carbons (Fsp3) is 0.750. The Hall–Kier alpha value is -2.09. The average molecular weight is 390 g/mol. The van der Waals surface area contributed by atoms with Gasteiger partial charge in [-0.05, 0) is 31.1 Å². The highest BCUT2D eigenvalue weighted by atomic mass is 16.5. The lowest BCUT2D eigenvalue weighted by molar-refractivity contribution is -0.139. The number of hydrogen-bond acceptors (Lipinski definition) is 4. The van der Waals surface area contributed by atoms with E-state index in [0.29, 0.717) is 32.7 Å². The summed E-state index contributed by atoms with van der Waals surface area (Å²) in [4.78, 5) is 35.2. The van der Waals surface area contributed by atoms with Gasteiger partial charge in [0.25, 0.3) is 0 Å². The van der Waals surface area contributed by atoms with Gasteiger partial charge >= 0.3 is 6.03 Å². The van der Waals surface area contributed by atoms with Crippen molar-refractivity contribution in [2.75, 3.05) is 52.5 Å². The molecule has 28 heavy (non-hydrogen) atoms. The van der Waals surface area contributed by atoms with Crippen molar-refractivity contribution < 1.29 is 14.3 Å². The number of likely N-dealkylation sites (tertiary alicyclic amines) is 2. The minimum Gasteiger partial charge on any atom is -0.378 e. The predicted octanol–water partition coefficient (Wildman–Crippen LogP) is 1.43. The minimum absolute atomic E-state index is 0.155. The first-order valence-electron chi connectivity index (χ1n) is 10.5. The summed E-state index contributed by atoms with van der Waals surface area (Å²) in [6.45, 7) is 6.79. The molecule has 8 nitrogen and oxygen atoms in total. The van der Waals surface area contributed by atoms with Crippen molar-refractivity contribution >= 4 is 11.9 Å². The van der Waals surface area contributed by atoms with E-state index in [2.05, 4.69) is 14.5 Å². The van der Waals surface area contributed by atoms with Crippen LogP contribution in [0, 0.1) is 5.41 Å². The van der Waals surface area contributed by atoms with E-state index in [1.165, 1.54) is 0 Å². The number of amides is 3. The maximum atomic E-state index is 12.7. The summed E-state index contributed by atoms with van der Waals surface area (Å²) in [7, 11) is 0. The van der Waals surface area contributed by atoms with Crippen LogP contribution in [0.25, 0.3) is 0 Å². The molecule has 0 saturated carbocycles. The molecule has 0 aliphatic carbocycles. The number of nitrogens with zero attached hydrogens (tertiary/aromatic N) is 5. The van der Waals surface area contributed by atoms with E-state index in [1.807, 2.05) is 22.3 Å². The van der Waals surface area contributed by atoms with E-state index < -0.39 is 0 Å². The van der Waals surface area contributed by atoms with Gasteiger partial charge in [-0.2, -0.15) is 0 Å². The maximum absolute atomic E-state index is 12.7. The summed E-state index contributed by atoms with van der Waals surface area (Å²) in [5, 5.41) is 0. The molecule has 1 aromatic rings. The zero-order chi connectivity index (χ0) is 19.4. The SMILES string of the molecule is O=C1CCC2(CCN(C(=O)N3CCOCC3)CC2)CN1CCCn1ccnc1. The zero-order valence-corrected chi connectivity index (χ0v) is 16.6.